The van der Waals surface area contributed by atoms with E-state index in [0.29, 0.717) is 5.02 Å². The molecule has 1 atom stereocenters. The topological polar surface area (TPSA) is 20.2 Å². The highest BCUT2D eigenvalue weighted by Gasteiger charge is 2.06. The van der Waals surface area contributed by atoms with E-state index in [2.05, 4.69) is 6.92 Å². The Morgan fingerprint density at radius 3 is 2.73 bits per heavy atom. The summed E-state index contributed by atoms with van der Waals surface area (Å²) in [6.45, 7) is 3.91. The Labute approximate surface area is 101 Å². The quantitative estimate of drug-likeness (QED) is 0.616. The molecule has 0 saturated carbocycles. The summed E-state index contributed by atoms with van der Waals surface area (Å²) in [5.74, 6) is 1.13. The van der Waals surface area contributed by atoms with E-state index < -0.39 is 6.10 Å². The first-order chi connectivity index (χ1) is 7.15. The van der Waals surface area contributed by atoms with E-state index in [9.17, 15) is 5.11 Å². The molecule has 1 nitrogen and oxygen atoms in total. The third-order valence-corrected chi connectivity index (χ3v) is 3.60. The van der Waals surface area contributed by atoms with Crippen LogP contribution >= 0.6 is 23.4 Å². The molecule has 1 N–H and O–H groups in total. The Morgan fingerprint density at radius 2 is 2.20 bits per heavy atom. The number of benzene rings is 1. The molecule has 3 heteroatoms. The largest absolute Gasteiger partial charge is 0.389 e. The van der Waals surface area contributed by atoms with Crippen LogP contribution in [0, 0.1) is 0 Å². The zero-order valence-electron chi connectivity index (χ0n) is 9.16. The van der Waals surface area contributed by atoms with Gasteiger partial charge in [0.25, 0.3) is 0 Å². The molecule has 0 aliphatic carbocycles. The summed E-state index contributed by atoms with van der Waals surface area (Å²) in [5, 5.41) is 10.1. The van der Waals surface area contributed by atoms with Crippen LogP contribution in [0.3, 0.4) is 0 Å². The summed E-state index contributed by atoms with van der Waals surface area (Å²) in [5.41, 5.74) is 0.802. The minimum atomic E-state index is -0.493. The monoisotopic (exact) mass is 244 g/mol. The van der Waals surface area contributed by atoms with Crippen molar-refractivity contribution in [1.29, 1.82) is 0 Å². The summed E-state index contributed by atoms with van der Waals surface area (Å²) in [6.07, 6.45) is 1.94. The Hall–Kier alpha value is -0.180. The predicted molar refractivity (Wildman–Crippen MR) is 67.7 cm³/mol. The first-order valence-electron chi connectivity index (χ1n) is 5.25. The molecule has 0 saturated heterocycles. The molecule has 0 aliphatic rings. The van der Waals surface area contributed by atoms with Crippen molar-refractivity contribution in [2.45, 2.75) is 37.7 Å². The lowest BCUT2D eigenvalue weighted by molar-refractivity contribution is 0.199. The first-order valence-corrected chi connectivity index (χ1v) is 6.61. The van der Waals surface area contributed by atoms with Gasteiger partial charge in [-0.05, 0) is 36.8 Å². The lowest BCUT2D eigenvalue weighted by Crippen LogP contribution is -1.92. The smallest absolute Gasteiger partial charge is 0.0776 e. The number of halogens is 1. The van der Waals surface area contributed by atoms with Crippen molar-refractivity contribution in [3.8, 4) is 0 Å². The summed E-state index contributed by atoms with van der Waals surface area (Å²) in [7, 11) is 0. The second-order valence-corrected chi connectivity index (χ2v) is 5.14. The molecule has 0 radical (unpaired) electrons. The number of aliphatic hydroxyl groups excluding tert-OH is 1. The molecule has 0 spiro atoms. The molecule has 0 aliphatic heterocycles. The molecule has 0 amide bonds. The average molecular weight is 245 g/mol. The summed E-state index contributed by atoms with van der Waals surface area (Å²) in [6, 6.07) is 5.86. The molecule has 1 rings (SSSR count). The molecule has 1 aromatic carbocycles. The van der Waals surface area contributed by atoms with Gasteiger partial charge in [0.05, 0.1) is 6.10 Å². The summed E-state index contributed by atoms with van der Waals surface area (Å²) >= 11 is 7.88. The molecule has 0 heterocycles. The minimum absolute atomic E-state index is 0.493. The molecule has 0 fully saturated rings. The second kappa shape index (κ2) is 6.41. The van der Waals surface area contributed by atoms with Crippen molar-refractivity contribution >= 4 is 23.4 Å². The molecule has 0 aromatic heterocycles. The third kappa shape index (κ3) is 4.06. The lowest BCUT2D eigenvalue weighted by Gasteiger charge is -2.08. The van der Waals surface area contributed by atoms with Gasteiger partial charge >= 0.3 is 0 Å². The Bertz CT molecular complexity index is 312. The van der Waals surface area contributed by atoms with Gasteiger partial charge < -0.3 is 5.11 Å². The van der Waals surface area contributed by atoms with Crippen LogP contribution in [0.25, 0.3) is 0 Å². The Morgan fingerprint density at radius 1 is 1.47 bits per heavy atom. The molecule has 1 aromatic rings. The number of rotatable bonds is 5. The molecular formula is C12H17ClOS. The van der Waals surface area contributed by atoms with Crippen LogP contribution in [-0.4, -0.2) is 10.9 Å². The van der Waals surface area contributed by atoms with Gasteiger partial charge in [-0.2, -0.15) is 0 Å². The highest BCUT2D eigenvalue weighted by Crippen LogP contribution is 2.28. The van der Waals surface area contributed by atoms with E-state index in [1.54, 1.807) is 6.92 Å². The molecule has 0 bridgehead atoms. The molecule has 84 valence electrons. The number of unbranched alkanes of at least 4 members (excludes halogenated alkanes) is 1. The van der Waals surface area contributed by atoms with Crippen molar-refractivity contribution in [2.75, 3.05) is 5.75 Å². The van der Waals surface area contributed by atoms with Crippen LogP contribution in [0.15, 0.2) is 23.1 Å². The van der Waals surface area contributed by atoms with E-state index in [1.165, 1.54) is 17.7 Å². The van der Waals surface area contributed by atoms with Crippen LogP contribution < -0.4 is 0 Å². The zero-order valence-corrected chi connectivity index (χ0v) is 10.7. The van der Waals surface area contributed by atoms with Crippen molar-refractivity contribution in [3.05, 3.63) is 28.8 Å². The van der Waals surface area contributed by atoms with Crippen LogP contribution in [0.5, 0.6) is 0 Å². The zero-order chi connectivity index (χ0) is 11.3. The maximum atomic E-state index is 9.42. The van der Waals surface area contributed by atoms with Gasteiger partial charge in [0.2, 0.25) is 0 Å². The van der Waals surface area contributed by atoms with Gasteiger partial charge in [-0.3, -0.25) is 0 Å². The maximum Gasteiger partial charge on any atom is 0.0776 e. The number of thioether (sulfide) groups is 1. The Kier molecular flexibility index (Phi) is 5.51. The third-order valence-electron chi connectivity index (χ3n) is 2.19. The van der Waals surface area contributed by atoms with E-state index >= 15 is 0 Å². The summed E-state index contributed by atoms with van der Waals surface area (Å²) < 4.78 is 0. The van der Waals surface area contributed by atoms with Gasteiger partial charge in [0.15, 0.2) is 0 Å². The maximum absolute atomic E-state index is 9.42. The lowest BCUT2D eigenvalue weighted by atomic mass is 10.1. The average Bonchev–Trinajstić information content (AvgIpc) is 2.17. The van der Waals surface area contributed by atoms with Gasteiger partial charge in [0.1, 0.15) is 0 Å². The van der Waals surface area contributed by atoms with E-state index in [4.69, 9.17) is 11.6 Å². The minimum Gasteiger partial charge on any atom is -0.389 e. The van der Waals surface area contributed by atoms with E-state index in [-0.39, 0.29) is 0 Å². The fourth-order valence-corrected chi connectivity index (χ4v) is 2.71. The van der Waals surface area contributed by atoms with E-state index in [0.717, 1.165) is 11.3 Å². The molecular weight excluding hydrogens is 228 g/mol. The fraction of sp³-hybridized carbons (Fsp3) is 0.500. The first kappa shape index (κ1) is 12.9. The van der Waals surface area contributed by atoms with Gasteiger partial charge in [-0.1, -0.05) is 31.0 Å². The van der Waals surface area contributed by atoms with Crippen LogP contribution in [0.1, 0.15) is 38.4 Å². The van der Waals surface area contributed by atoms with Crippen molar-refractivity contribution in [3.63, 3.8) is 0 Å². The van der Waals surface area contributed by atoms with Crippen LogP contribution in [0.4, 0.5) is 0 Å². The van der Waals surface area contributed by atoms with E-state index in [1.807, 2.05) is 30.0 Å². The number of aliphatic hydroxyl groups is 1. The SMILES string of the molecule is CCCCSc1ccc(C(C)O)c(Cl)c1. The molecule has 1 unspecified atom stereocenters. The van der Waals surface area contributed by atoms with Crippen LogP contribution in [0.2, 0.25) is 5.02 Å². The number of hydrogen-bond donors (Lipinski definition) is 1. The predicted octanol–water partition coefficient (Wildman–Crippen LogP) is 4.29. The standard InChI is InChI=1S/C12H17ClOS/c1-3-4-7-15-10-5-6-11(9(2)14)12(13)8-10/h5-6,8-9,14H,3-4,7H2,1-2H3. The van der Waals surface area contributed by atoms with Crippen molar-refractivity contribution < 1.29 is 5.11 Å². The highest BCUT2D eigenvalue weighted by molar-refractivity contribution is 7.99. The summed E-state index contributed by atoms with van der Waals surface area (Å²) in [4.78, 5) is 1.18. The second-order valence-electron chi connectivity index (χ2n) is 3.56. The van der Waals surface area contributed by atoms with Crippen molar-refractivity contribution in [1.82, 2.24) is 0 Å². The fourth-order valence-electron chi connectivity index (χ4n) is 1.27. The highest BCUT2D eigenvalue weighted by atomic mass is 35.5. The Balaban J connectivity index is 2.65. The normalized spacial score (nSPS) is 12.8. The van der Waals surface area contributed by atoms with Gasteiger partial charge in [-0.25, -0.2) is 0 Å². The number of hydrogen-bond acceptors (Lipinski definition) is 2. The van der Waals surface area contributed by atoms with Gasteiger partial charge in [-0.15, -0.1) is 11.8 Å². The van der Waals surface area contributed by atoms with Crippen LogP contribution in [-0.2, 0) is 0 Å². The molecule has 15 heavy (non-hydrogen) atoms. The van der Waals surface area contributed by atoms with Gasteiger partial charge in [0, 0.05) is 9.92 Å². The van der Waals surface area contributed by atoms with Crippen molar-refractivity contribution in [2.24, 2.45) is 0 Å².